The van der Waals surface area contributed by atoms with E-state index in [1.165, 1.54) is 13.2 Å². The van der Waals surface area contributed by atoms with Crippen LogP contribution in [-0.4, -0.2) is 53.4 Å². The van der Waals surface area contributed by atoms with Crippen LogP contribution in [0.15, 0.2) is 35.3 Å². The molecule has 0 spiro atoms. The van der Waals surface area contributed by atoms with Crippen molar-refractivity contribution in [2.75, 3.05) is 37.0 Å². The SMILES string of the molecule is CNC(=O)COc1cc2cc(Nc3nc(N4CCC(F)CC4)ncc3Cl)ccc2n(C(C)C)c1=O. The van der Waals surface area contributed by atoms with Crippen molar-refractivity contribution in [3.63, 3.8) is 0 Å². The van der Waals surface area contributed by atoms with Crippen LogP contribution in [0.3, 0.4) is 0 Å². The number of amides is 1. The number of likely N-dealkylation sites (N-methyl/N-ethyl adjacent to an activating group) is 1. The van der Waals surface area contributed by atoms with Crippen LogP contribution in [0.4, 0.5) is 21.8 Å². The van der Waals surface area contributed by atoms with Crippen LogP contribution in [0.25, 0.3) is 10.9 Å². The number of ether oxygens (including phenoxy) is 1. The Morgan fingerprint density at radius 2 is 2.03 bits per heavy atom. The first-order chi connectivity index (χ1) is 16.8. The molecule has 0 atom stereocenters. The normalized spacial score (nSPS) is 14.4. The van der Waals surface area contributed by atoms with Crippen molar-refractivity contribution in [1.82, 2.24) is 19.9 Å². The molecule has 3 heterocycles. The summed E-state index contributed by atoms with van der Waals surface area (Å²) < 4.78 is 20.7. The number of alkyl halides is 1. The fraction of sp³-hybridized carbons (Fsp3) is 0.417. The zero-order chi connectivity index (χ0) is 25.1. The number of halogens is 2. The molecule has 2 aromatic heterocycles. The van der Waals surface area contributed by atoms with E-state index in [2.05, 4.69) is 20.6 Å². The molecule has 0 aliphatic carbocycles. The highest BCUT2D eigenvalue weighted by Gasteiger charge is 2.21. The average molecular weight is 503 g/mol. The number of fused-ring (bicyclic) bond motifs is 1. The Morgan fingerprint density at radius 1 is 1.29 bits per heavy atom. The second-order valence-electron chi connectivity index (χ2n) is 8.67. The van der Waals surface area contributed by atoms with Gasteiger partial charge in [0.15, 0.2) is 18.2 Å². The molecular weight excluding hydrogens is 475 g/mol. The van der Waals surface area contributed by atoms with Gasteiger partial charge in [-0.1, -0.05) is 11.6 Å². The molecule has 0 bridgehead atoms. The van der Waals surface area contributed by atoms with Gasteiger partial charge in [0.25, 0.3) is 11.5 Å². The van der Waals surface area contributed by atoms with E-state index >= 15 is 0 Å². The first kappa shape index (κ1) is 24.7. The number of rotatable bonds is 7. The fourth-order valence-electron chi connectivity index (χ4n) is 4.01. The van der Waals surface area contributed by atoms with Crippen LogP contribution < -0.4 is 25.8 Å². The molecule has 1 saturated heterocycles. The molecule has 1 amide bonds. The summed E-state index contributed by atoms with van der Waals surface area (Å²) in [6.45, 7) is 4.65. The quantitative estimate of drug-likeness (QED) is 0.506. The Kier molecular flexibility index (Phi) is 7.39. The number of nitrogens with zero attached hydrogens (tertiary/aromatic N) is 4. The number of nitrogens with one attached hydrogen (secondary N) is 2. The first-order valence-electron chi connectivity index (χ1n) is 11.5. The van der Waals surface area contributed by atoms with Gasteiger partial charge in [0.05, 0.1) is 11.7 Å². The van der Waals surface area contributed by atoms with E-state index in [0.29, 0.717) is 48.4 Å². The van der Waals surface area contributed by atoms with Gasteiger partial charge in [-0.3, -0.25) is 9.59 Å². The lowest BCUT2D eigenvalue weighted by atomic mass is 10.1. The predicted molar refractivity (Wildman–Crippen MR) is 135 cm³/mol. The number of benzene rings is 1. The third-order valence-corrected chi connectivity index (χ3v) is 6.14. The molecule has 1 aromatic carbocycles. The van der Waals surface area contributed by atoms with Crippen LogP contribution in [0.1, 0.15) is 32.7 Å². The van der Waals surface area contributed by atoms with E-state index < -0.39 is 6.17 Å². The number of carbonyl (C=O) groups excluding carboxylic acids is 1. The third-order valence-electron chi connectivity index (χ3n) is 5.86. The zero-order valence-corrected chi connectivity index (χ0v) is 20.6. The Hall–Kier alpha value is -3.40. The topological polar surface area (TPSA) is 101 Å². The number of pyridine rings is 1. The van der Waals surface area contributed by atoms with Crippen LogP contribution in [0.5, 0.6) is 5.75 Å². The number of hydrogen-bond acceptors (Lipinski definition) is 7. The maximum absolute atomic E-state index is 13.5. The molecular formula is C24H28ClFN6O3. The number of piperidine rings is 1. The summed E-state index contributed by atoms with van der Waals surface area (Å²) in [5.74, 6) is 0.668. The number of hydrogen-bond donors (Lipinski definition) is 2. The maximum atomic E-state index is 13.5. The summed E-state index contributed by atoms with van der Waals surface area (Å²) in [6, 6.07) is 7.02. The summed E-state index contributed by atoms with van der Waals surface area (Å²) in [4.78, 5) is 35.4. The van der Waals surface area contributed by atoms with Crippen LogP contribution in [0, 0.1) is 0 Å². The summed E-state index contributed by atoms with van der Waals surface area (Å²) in [5.41, 5.74) is 1.11. The molecule has 4 rings (SSSR count). The van der Waals surface area contributed by atoms with E-state index in [9.17, 15) is 14.0 Å². The van der Waals surface area contributed by atoms with Crippen molar-refractivity contribution >= 4 is 45.9 Å². The molecule has 35 heavy (non-hydrogen) atoms. The lowest BCUT2D eigenvalue weighted by Gasteiger charge is -2.28. The Labute approximate surface area is 207 Å². The lowest BCUT2D eigenvalue weighted by Crippen LogP contribution is -2.35. The Bertz CT molecular complexity index is 1290. The highest BCUT2D eigenvalue weighted by Crippen LogP contribution is 2.29. The lowest BCUT2D eigenvalue weighted by molar-refractivity contribution is -0.122. The van der Waals surface area contributed by atoms with Gasteiger partial charge >= 0.3 is 0 Å². The second kappa shape index (κ2) is 10.5. The van der Waals surface area contributed by atoms with Gasteiger partial charge in [0.2, 0.25) is 5.95 Å². The van der Waals surface area contributed by atoms with Crippen molar-refractivity contribution in [3.8, 4) is 5.75 Å². The molecule has 2 N–H and O–H groups in total. The minimum atomic E-state index is -0.790. The van der Waals surface area contributed by atoms with E-state index in [-0.39, 0.29) is 29.9 Å². The van der Waals surface area contributed by atoms with Gasteiger partial charge in [0, 0.05) is 37.3 Å². The molecule has 11 heteroatoms. The fourth-order valence-corrected chi connectivity index (χ4v) is 4.15. The van der Waals surface area contributed by atoms with Gasteiger partial charge in [0.1, 0.15) is 11.2 Å². The van der Waals surface area contributed by atoms with Crippen LogP contribution in [0.2, 0.25) is 5.02 Å². The molecule has 0 saturated carbocycles. The molecule has 186 valence electrons. The standard InChI is InChI=1S/C24H28ClFN6O3/c1-14(2)32-19-5-4-17(10-15(19)11-20(23(32)34)35-13-21(33)27-3)29-22-18(25)12-28-24(30-22)31-8-6-16(26)7-9-31/h4-5,10-12,14,16H,6-9,13H2,1-3H3,(H,27,33)(H,28,29,30). The van der Waals surface area contributed by atoms with Crippen molar-refractivity contribution in [2.45, 2.75) is 38.9 Å². The molecule has 1 fully saturated rings. The number of carbonyl (C=O) groups is 1. The van der Waals surface area contributed by atoms with Gasteiger partial charge in [-0.15, -0.1) is 0 Å². The van der Waals surface area contributed by atoms with Gasteiger partial charge in [-0.25, -0.2) is 9.37 Å². The van der Waals surface area contributed by atoms with Crippen molar-refractivity contribution in [3.05, 3.63) is 45.8 Å². The summed E-state index contributed by atoms with van der Waals surface area (Å²) in [5, 5.41) is 6.78. The molecule has 1 aliphatic heterocycles. The van der Waals surface area contributed by atoms with Gasteiger partial charge in [-0.2, -0.15) is 4.98 Å². The summed E-state index contributed by atoms with van der Waals surface area (Å²) in [7, 11) is 1.50. The van der Waals surface area contributed by atoms with Gasteiger partial charge in [-0.05, 0) is 51.0 Å². The monoisotopic (exact) mass is 502 g/mol. The maximum Gasteiger partial charge on any atom is 0.293 e. The van der Waals surface area contributed by atoms with Crippen LogP contribution in [-0.2, 0) is 4.79 Å². The zero-order valence-electron chi connectivity index (χ0n) is 19.8. The summed E-state index contributed by atoms with van der Waals surface area (Å²) >= 11 is 6.35. The Balaban J connectivity index is 1.66. The molecule has 0 radical (unpaired) electrons. The highest BCUT2D eigenvalue weighted by molar-refractivity contribution is 6.32. The highest BCUT2D eigenvalue weighted by atomic mass is 35.5. The predicted octanol–water partition coefficient (Wildman–Crippen LogP) is 3.83. The third kappa shape index (κ3) is 5.48. The van der Waals surface area contributed by atoms with E-state index in [1.807, 2.05) is 36.9 Å². The largest absolute Gasteiger partial charge is 0.478 e. The molecule has 3 aromatic rings. The van der Waals surface area contributed by atoms with Crippen molar-refractivity contribution < 1.29 is 13.9 Å². The van der Waals surface area contributed by atoms with E-state index in [4.69, 9.17) is 16.3 Å². The molecule has 0 unspecified atom stereocenters. The van der Waals surface area contributed by atoms with Crippen molar-refractivity contribution in [2.24, 2.45) is 0 Å². The van der Waals surface area contributed by atoms with Crippen LogP contribution >= 0.6 is 11.6 Å². The number of aromatic nitrogens is 3. The van der Waals surface area contributed by atoms with Crippen molar-refractivity contribution in [1.29, 1.82) is 0 Å². The second-order valence-corrected chi connectivity index (χ2v) is 9.07. The molecule has 9 nitrogen and oxygen atoms in total. The average Bonchev–Trinajstić information content (AvgIpc) is 2.84. The Morgan fingerprint density at radius 3 is 2.71 bits per heavy atom. The smallest absolute Gasteiger partial charge is 0.293 e. The minimum Gasteiger partial charge on any atom is -0.478 e. The van der Waals surface area contributed by atoms with E-state index in [0.717, 1.165) is 10.9 Å². The van der Waals surface area contributed by atoms with Gasteiger partial charge < -0.3 is 24.8 Å². The minimum absolute atomic E-state index is 0.0885. The summed E-state index contributed by atoms with van der Waals surface area (Å²) in [6.07, 6.45) is 1.63. The first-order valence-corrected chi connectivity index (χ1v) is 11.9. The number of anilines is 3. The molecule has 1 aliphatic rings. The van der Waals surface area contributed by atoms with E-state index in [1.54, 1.807) is 10.6 Å².